The lowest BCUT2D eigenvalue weighted by atomic mass is 9.93. The van der Waals surface area contributed by atoms with Crippen molar-refractivity contribution in [2.24, 2.45) is 0 Å². The molecule has 136 valence electrons. The summed E-state index contributed by atoms with van der Waals surface area (Å²) in [5, 5.41) is 2.19. The normalized spacial score (nSPS) is 14.1. The van der Waals surface area contributed by atoms with Crippen LogP contribution in [0.3, 0.4) is 0 Å². The van der Waals surface area contributed by atoms with Crippen LogP contribution >= 0.6 is 0 Å². The molecule has 0 radical (unpaired) electrons. The predicted molar refractivity (Wildman–Crippen MR) is 105 cm³/mol. The van der Waals surface area contributed by atoms with Gasteiger partial charge < -0.3 is 14.2 Å². The predicted octanol–water partition coefficient (Wildman–Crippen LogP) is 3.86. The highest BCUT2D eigenvalue weighted by Gasteiger charge is 2.28. The van der Waals surface area contributed by atoms with Gasteiger partial charge in [0.05, 0.1) is 24.7 Å². The topological polar surface area (TPSA) is 31.6 Å². The van der Waals surface area contributed by atoms with Gasteiger partial charge in [-0.1, -0.05) is 18.7 Å². The van der Waals surface area contributed by atoms with Gasteiger partial charge in [0.2, 0.25) is 5.69 Å². The molecule has 0 unspecified atom stereocenters. The van der Waals surface area contributed by atoms with Crippen LogP contribution in [0.5, 0.6) is 17.2 Å². The van der Waals surface area contributed by atoms with Crippen LogP contribution in [0.15, 0.2) is 49.2 Å². The molecule has 0 amide bonds. The third-order valence-corrected chi connectivity index (χ3v) is 5.46. The summed E-state index contributed by atoms with van der Waals surface area (Å²) in [5.41, 5.74) is 5.25. The number of aryl methyl sites for hydroxylation is 2. The Morgan fingerprint density at radius 3 is 2.96 bits per heavy atom. The Hall–Kier alpha value is -3.01. The highest BCUT2D eigenvalue weighted by molar-refractivity contribution is 5.91. The van der Waals surface area contributed by atoms with Gasteiger partial charge >= 0.3 is 0 Å². The van der Waals surface area contributed by atoms with Gasteiger partial charge in [-0.25, -0.2) is 0 Å². The van der Waals surface area contributed by atoms with Crippen molar-refractivity contribution >= 4 is 10.8 Å². The van der Waals surface area contributed by atoms with Crippen LogP contribution in [0.25, 0.3) is 22.0 Å². The second kappa shape index (κ2) is 6.31. The first kappa shape index (κ1) is 16.2. The van der Waals surface area contributed by atoms with E-state index in [-0.39, 0.29) is 0 Å². The van der Waals surface area contributed by atoms with Gasteiger partial charge in [-0.2, -0.15) is 4.57 Å². The Morgan fingerprint density at radius 1 is 1.19 bits per heavy atom. The van der Waals surface area contributed by atoms with Gasteiger partial charge in [-0.3, -0.25) is 0 Å². The van der Waals surface area contributed by atoms with E-state index in [1.54, 1.807) is 13.2 Å². The van der Waals surface area contributed by atoms with Gasteiger partial charge in [-0.05, 0) is 34.7 Å². The van der Waals surface area contributed by atoms with Gasteiger partial charge in [-0.15, -0.1) is 0 Å². The molecule has 0 aliphatic carbocycles. The smallest absolute Gasteiger partial charge is 0.213 e. The fourth-order valence-corrected chi connectivity index (χ4v) is 4.14. The summed E-state index contributed by atoms with van der Waals surface area (Å²) in [6.45, 7) is 5.95. The minimum atomic E-state index is 0.448. The molecular formula is C23H22NO3+. The van der Waals surface area contributed by atoms with Gasteiger partial charge in [0, 0.05) is 18.9 Å². The third-order valence-electron chi connectivity index (χ3n) is 5.46. The summed E-state index contributed by atoms with van der Waals surface area (Å²) >= 11 is 0. The Bertz CT molecular complexity index is 1070. The number of ether oxygens (including phenoxy) is 3. The van der Waals surface area contributed by atoms with Crippen molar-refractivity contribution in [1.82, 2.24) is 0 Å². The second-order valence-corrected chi connectivity index (χ2v) is 7.02. The average molecular weight is 360 g/mol. The Labute approximate surface area is 158 Å². The van der Waals surface area contributed by atoms with E-state index in [2.05, 4.69) is 41.6 Å². The number of methoxy groups -OCH3 is 1. The van der Waals surface area contributed by atoms with Crippen LogP contribution in [0, 0.1) is 0 Å². The highest BCUT2D eigenvalue weighted by Crippen LogP contribution is 2.39. The zero-order chi connectivity index (χ0) is 18.4. The van der Waals surface area contributed by atoms with Crippen molar-refractivity contribution in [3.05, 3.63) is 60.3 Å². The third kappa shape index (κ3) is 2.55. The van der Waals surface area contributed by atoms with Gasteiger partial charge in [0.25, 0.3) is 0 Å². The summed E-state index contributed by atoms with van der Waals surface area (Å²) < 4.78 is 19.6. The number of benzene rings is 2. The van der Waals surface area contributed by atoms with Gasteiger partial charge in [0.1, 0.15) is 12.4 Å². The monoisotopic (exact) mass is 360 g/mol. The molecular weight excluding hydrogens is 338 g/mol. The van der Waals surface area contributed by atoms with E-state index in [4.69, 9.17) is 14.2 Å². The van der Waals surface area contributed by atoms with Crippen molar-refractivity contribution in [1.29, 1.82) is 0 Å². The molecule has 4 heteroatoms. The molecule has 1 aromatic heterocycles. The van der Waals surface area contributed by atoms with Crippen LogP contribution in [0.4, 0.5) is 0 Å². The summed E-state index contributed by atoms with van der Waals surface area (Å²) in [7, 11) is 1.67. The van der Waals surface area contributed by atoms with E-state index in [0.29, 0.717) is 6.61 Å². The molecule has 0 saturated carbocycles. The summed E-state index contributed by atoms with van der Waals surface area (Å²) in [4.78, 5) is 0. The van der Waals surface area contributed by atoms with Crippen molar-refractivity contribution in [2.45, 2.75) is 19.4 Å². The Kier molecular flexibility index (Phi) is 3.78. The molecule has 5 rings (SSSR count). The number of nitrogens with zero attached hydrogens (tertiary/aromatic N) is 1. The van der Waals surface area contributed by atoms with Crippen LogP contribution in [0.2, 0.25) is 0 Å². The number of hydrogen-bond donors (Lipinski definition) is 0. The second-order valence-electron chi connectivity index (χ2n) is 7.02. The number of rotatable bonds is 4. The number of pyridine rings is 1. The Balaban J connectivity index is 1.70. The van der Waals surface area contributed by atoms with Crippen molar-refractivity contribution in [2.75, 3.05) is 20.3 Å². The minimum Gasteiger partial charge on any atom is -0.493 e. The lowest BCUT2D eigenvalue weighted by molar-refractivity contribution is -0.686. The van der Waals surface area contributed by atoms with Crippen LogP contribution < -0.4 is 18.8 Å². The highest BCUT2D eigenvalue weighted by atomic mass is 16.5. The summed E-state index contributed by atoms with van der Waals surface area (Å²) in [6, 6.07) is 10.8. The fourth-order valence-electron chi connectivity index (χ4n) is 4.14. The first-order chi connectivity index (χ1) is 13.3. The van der Waals surface area contributed by atoms with E-state index in [1.807, 2.05) is 6.07 Å². The largest absolute Gasteiger partial charge is 0.493 e. The Morgan fingerprint density at radius 2 is 2.11 bits per heavy atom. The van der Waals surface area contributed by atoms with E-state index in [9.17, 15) is 0 Å². The minimum absolute atomic E-state index is 0.448. The fraction of sp³-hybridized carbons (Fsp3) is 0.261. The molecule has 0 bridgehead atoms. The molecule has 0 N–H and O–H groups in total. The van der Waals surface area contributed by atoms with E-state index >= 15 is 0 Å². The van der Waals surface area contributed by atoms with Gasteiger partial charge in [0.15, 0.2) is 24.2 Å². The molecule has 0 saturated heterocycles. The average Bonchev–Trinajstić information content (AvgIpc) is 3.16. The molecule has 3 heterocycles. The van der Waals surface area contributed by atoms with Crippen LogP contribution in [-0.2, 0) is 19.4 Å². The number of aromatic nitrogens is 1. The summed E-state index contributed by atoms with van der Waals surface area (Å²) in [6.07, 6.45) is 5.98. The molecule has 0 atom stereocenters. The number of hydrogen-bond acceptors (Lipinski definition) is 3. The maximum Gasteiger partial charge on any atom is 0.213 e. The molecule has 4 nitrogen and oxygen atoms in total. The van der Waals surface area contributed by atoms with Crippen LogP contribution in [0.1, 0.15) is 11.1 Å². The first-order valence-corrected chi connectivity index (χ1v) is 9.35. The number of fused-ring (bicyclic) bond motifs is 5. The van der Waals surface area contributed by atoms with Crippen molar-refractivity contribution in [3.63, 3.8) is 0 Å². The van der Waals surface area contributed by atoms with Crippen LogP contribution in [-0.4, -0.2) is 20.3 Å². The molecule has 0 spiro atoms. The molecule has 2 aliphatic heterocycles. The zero-order valence-electron chi connectivity index (χ0n) is 15.5. The molecule has 2 aliphatic rings. The zero-order valence-corrected chi connectivity index (χ0v) is 15.5. The summed E-state index contributed by atoms with van der Waals surface area (Å²) in [5.74, 6) is 2.55. The molecule has 2 aromatic carbocycles. The molecule has 3 aromatic rings. The van der Waals surface area contributed by atoms with E-state index < -0.39 is 0 Å². The lowest BCUT2D eigenvalue weighted by Crippen LogP contribution is -2.40. The molecule has 27 heavy (non-hydrogen) atoms. The maximum atomic E-state index is 5.94. The van der Waals surface area contributed by atoms with E-state index in [0.717, 1.165) is 54.0 Å². The SMILES string of the molecule is C=CCOc1c(OC)ccc2cc3[n+](cc12)CCc1cc2c(cc1-3)OCC2. The maximum absolute atomic E-state index is 5.94. The van der Waals surface area contributed by atoms with E-state index in [1.165, 1.54) is 22.4 Å². The lowest BCUT2D eigenvalue weighted by Gasteiger charge is -2.18. The quantitative estimate of drug-likeness (QED) is 0.523. The van der Waals surface area contributed by atoms with Crippen molar-refractivity contribution < 1.29 is 18.8 Å². The standard InChI is InChI=1S/C23H22NO3/c1-3-9-27-23-19-14-24-8-6-16-11-17-7-10-26-22(17)13-18(16)20(24)12-15(19)4-5-21(23)25-2/h3-5,11-14H,1,6-10H2,2H3/q+1. The first-order valence-electron chi connectivity index (χ1n) is 9.35. The molecule has 0 fully saturated rings. The van der Waals surface area contributed by atoms with Crippen molar-refractivity contribution in [3.8, 4) is 28.5 Å².